The fourth-order valence-electron chi connectivity index (χ4n) is 6.24. The third kappa shape index (κ3) is 6.12. The van der Waals surface area contributed by atoms with Gasteiger partial charge in [0, 0.05) is 31.4 Å². The molecule has 4 heterocycles. The number of benzene rings is 1. The molecule has 3 aliphatic heterocycles. The normalized spacial score (nSPS) is 22.4. The Morgan fingerprint density at radius 2 is 1.84 bits per heavy atom. The topological polar surface area (TPSA) is 51.6 Å². The summed E-state index contributed by atoms with van der Waals surface area (Å²) in [7, 11) is 0. The number of aromatic nitrogens is 1. The molecule has 0 spiro atoms. The van der Waals surface area contributed by atoms with Crippen LogP contribution in [0.4, 0.5) is 19.0 Å². The van der Waals surface area contributed by atoms with E-state index in [0.29, 0.717) is 17.5 Å². The average Bonchev–Trinajstić information content (AvgIpc) is 3.37. The van der Waals surface area contributed by atoms with Crippen LogP contribution in [0, 0.1) is 5.92 Å². The van der Waals surface area contributed by atoms with Crippen molar-refractivity contribution in [1.29, 1.82) is 0 Å². The van der Waals surface area contributed by atoms with E-state index in [1.807, 2.05) is 0 Å². The van der Waals surface area contributed by atoms with Gasteiger partial charge in [-0.15, -0.1) is 0 Å². The van der Waals surface area contributed by atoms with Gasteiger partial charge in [-0.1, -0.05) is 24.8 Å². The maximum Gasteiger partial charge on any atom is 0.416 e. The number of fused-ring (bicyclic) bond motifs is 1. The Labute approximate surface area is 217 Å². The molecular formula is C29H37F3N4O. The first-order valence-corrected chi connectivity index (χ1v) is 13.5. The fourth-order valence-corrected chi connectivity index (χ4v) is 6.24. The summed E-state index contributed by atoms with van der Waals surface area (Å²) in [5.74, 6) is 1.76. The Hall–Kier alpha value is -2.58. The monoisotopic (exact) mass is 514 g/mol. The number of hydrogen-bond acceptors (Lipinski definition) is 5. The number of hydrogen-bond donors (Lipinski definition) is 2. The molecule has 8 heteroatoms. The van der Waals surface area contributed by atoms with Gasteiger partial charge in [-0.3, -0.25) is 9.80 Å². The molecule has 5 rings (SSSR count). The van der Waals surface area contributed by atoms with Crippen molar-refractivity contribution in [3.05, 3.63) is 71.1 Å². The van der Waals surface area contributed by atoms with Crippen LogP contribution < -0.4 is 5.32 Å². The molecule has 1 aromatic heterocycles. The van der Waals surface area contributed by atoms with Crippen LogP contribution in [0.3, 0.4) is 0 Å². The van der Waals surface area contributed by atoms with E-state index in [1.54, 1.807) is 0 Å². The molecule has 5 nitrogen and oxygen atoms in total. The zero-order valence-corrected chi connectivity index (χ0v) is 21.3. The predicted molar refractivity (Wildman–Crippen MR) is 140 cm³/mol. The van der Waals surface area contributed by atoms with Crippen molar-refractivity contribution >= 4 is 5.82 Å². The quantitative estimate of drug-likeness (QED) is 0.445. The molecule has 2 N–H and O–H groups in total. The number of rotatable bonds is 7. The van der Waals surface area contributed by atoms with Crippen LogP contribution in [0.15, 0.2) is 48.7 Å². The summed E-state index contributed by atoms with van der Waals surface area (Å²) in [6.45, 7) is 8.44. The SMILES string of the molecule is C=C(O)C(c1ccc(C(F)(F)F)cc1)N1CC[C@@H](N2CCC(CCc3ccc4c(n3)NCCC4)CC2)C1. The van der Waals surface area contributed by atoms with Gasteiger partial charge < -0.3 is 10.4 Å². The fraction of sp³-hybridized carbons (Fsp3) is 0.552. The molecule has 2 fully saturated rings. The minimum absolute atomic E-state index is 0.0231. The minimum atomic E-state index is -4.37. The number of likely N-dealkylation sites (tertiary alicyclic amines) is 2. The highest BCUT2D eigenvalue weighted by Crippen LogP contribution is 2.35. The van der Waals surface area contributed by atoms with Crippen LogP contribution in [0.5, 0.6) is 0 Å². The number of aryl methyl sites for hydroxylation is 2. The van der Waals surface area contributed by atoms with Crippen LogP contribution in [0.25, 0.3) is 0 Å². The number of nitrogens with zero attached hydrogens (tertiary/aromatic N) is 3. The van der Waals surface area contributed by atoms with Crippen molar-refractivity contribution < 1.29 is 18.3 Å². The highest BCUT2D eigenvalue weighted by molar-refractivity contribution is 5.47. The molecule has 1 unspecified atom stereocenters. The summed E-state index contributed by atoms with van der Waals surface area (Å²) in [6, 6.07) is 9.42. The van der Waals surface area contributed by atoms with Gasteiger partial charge in [0.15, 0.2) is 0 Å². The number of aliphatic hydroxyl groups is 1. The van der Waals surface area contributed by atoms with Gasteiger partial charge in [0.05, 0.1) is 11.6 Å². The standard InChI is InChI=1S/C29H37F3N4O/c1-20(37)27(22-5-8-24(9-6-22)29(30,31)32)36-18-14-26(19-36)35-16-12-21(13-17-35)4-10-25-11-7-23-3-2-15-33-28(23)34-25/h5-9,11,21,26-27,37H,1-4,10,12-19H2,(H,33,34)/t26-,27?/m1/s1. The third-order valence-electron chi connectivity index (χ3n) is 8.36. The van der Waals surface area contributed by atoms with Crippen molar-refractivity contribution in [1.82, 2.24) is 14.8 Å². The molecule has 3 aliphatic rings. The Kier molecular flexibility index (Phi) is 7.77. The molecule has 0 amide bonds. The average molecular weight is 515 g/mol. The van der Waals surface area contributed by atoms with Crippen molar-refractivity contribution in [3.8, 4) is 0 Å². The Balaban J connectivity index is 1.11. The zero-order chi connectivity index (χ0) is 26.0. The Morgan fingerprint density at radius 1 is 1.08 bits per heavy atom. The number of alkyl halides is 3. The molecule has 200 valence electrons. The lowest BCUT2D eigenvalue weighted by molar-refractivity contribution is -0.137. The smallest absolute Gasteiger partial charge is 0.416 e. The van der Waals surface area contributed by atoms with E-state index in [0.717, 1.165) is 76.4 Å². The molecule has 0 aliphatic carbocycles. The third-order valence-corrected chi connectivity index (χ3v) is 8.36. The van der Waals surface area contributed by atoms with E-state index in [9.17, 15) is 18.3 Å². The summed E-state index contributed by atoms with van der Waals surface area (Å²) < 4.78 is 38.9. The van der Waals surface area contributed by atoms with Gasteiger partial charge in [-0.05, 0) is 93.3 Å². The predicted octanol–water partition coefficient (Wildman–Crippen LogP) is 5.99. The first kappa shape index (κ1) is 26.0. The lowest BCUT2D eigenvalue weighted by Crippen LogP contribution is -2.43. The molecule has 0 radical (unpaired) electrons. The second-order valence-electron chi connectivity index (χ2n) is 10.8. The number of pyridine rings is 1. The van der Waals surface area contributed by atoms with Gasteiger partial charge in [-0.2, -0.15) is 13.2 Å². The molecule has 2 atom stereocenters. The molecular weight excluding hydrogens is 477 g/mol. The molecule has 1 aromatic carbocycles. The number of nitrogens with one attached hydrogen (secondary N) is 1. The van der Waals surface area contributed by atoms with E-state index in [2.05, 4.69) is 33.8 Å². The highest BCUT2D eigenvalue weighted by Gasteiger charge is 2.36. The second-order valence-corrected chi connectivity index (χ2v) is 10.8. The van der Waals surface area contributed by atoms with Crippen LogP contribution in [-0.4, -0.2) is 58.7 Å². The van der Waals surface area contributed by atoms with Gasteiger partial charge in [0.1, 0.15) is 11.6 Å². The van der Waals surface area contributed by atoms with Gasteiger partial charge in [-0.25, -0.2) is 4.98 Å². The van der Waals surface area contributed by atoms with Crippen LogP contribution in [0.1, 0.15) is 60.5 Å². The second kappa shape index (κ2) is 11.0. The maximum atomic E-state index is 13.0. The van der Waals surface area contributed by atoms with Crippen LogP contribution in [0.2, 0.25) is 0 Å². The highest BCUT2D eigenvalue weighted by atomic mass is 19.4. The Bertz CT molecular complexity index is 1080. The van der Waals surface area contributed by atoms with Crippen molar-refractivity contribution in [2.24, 2.45) is 5.92 Å². The van der Waals surface area contributed by atoms with Gasteiger partial charge >= 0.3 is 6.18 Å². The van der Waals surface area contributed by atoms with E-state index in [4.69, 9.17) is 4.98 Å². The van der Waals surface area contributed by atoms with E-state index in [1.165, 1.54) is 42.7 Å². The number of aliphatic hydroxyl groups excluding tert-OH is 1. The lowest BCUT2D eigenvalue weighted by atomic mass is 9.90. The van der Waals surface area contributed by atoms with Gasteiger partial charge in [0.25, 0.3) is 0 Å². The molecule has 2 aromatic rings. The molecule has 0 bridgehead atoms. The number of anilines is 1. The first-order valence-electron chi connectivity index (χ1n) is 13.5. The van der Waals surface area contributed by atoms with Crippen LogP contribution >= 0.6 is 0 Å². The van der Waals surface area contributed by atoms with Crippen molar-refractivity contribution in [2.45, 2.75) is 63.2 Å². The largest absolute Gasteiger partial charge is 0.511 e. The Morgan fingerprint density at radius 3 is 2.54 bits per heavy atom. The lowest BCUT2D eigenvalue weighted by Gasteiger charge is -2.36. The van der Waals surface area contributed by atoms with Gasteiger partial charge in [0.2, 0.25) is 0 Å². The molecule has 37 heavy (non-hydrogen) atoms. The molecule has 0 saturated carbocycles. The number of halogens is 3. The van der Waals surface area contributed by atoms with E-state index < -0.39 is 17.8 Å². The summed E-state index contributed by atoms with van der Waals surface area (Å²) in [5, 5.41) is 13.8. The summed E-state index contributed by atoms with van der Waals surface area (Å²) >= 11 is 0. The first-order chi connectivity index (χ1) is 17.8. The maximum absolute atomic E-state index is 13.0. The minimum Gasteiger partial charge on any atom is -0.511 e. The van der Waals surface area contributed by atoms with E-state index in [-0.39, 0.29) is 5.76 Å². The zero-order valence-electron chi connectivity index (χ0n) is 21.3. The van der Waals surface area contributed by atoms with Crippen LogP contribution in [-0.2, 0) is 19.0 Å². The summed E-state index contributed by atoms with van der Waals surface area (Å²) in [6.07, 6.45) is 3.44. The number of piperidine rings is 1. The molecule has 2 saturated heterocycles. The van der Waals surface area contributed by atoms with E-state index >= 15 is 0 Å². The van der Waals surface area contributed by atoms with Crippen molar-refractivity contribution in [2.75, 3.05) is 38.0 Å². The van der Waals surface area contributed by atoms with Crippen molar-refractivity contribution in [3.63, 3.8) is 0 Å². The summed E-state index contributed by atoms with van der Waals surface area (Å²) in [5.41, 5.74) is 2.48. The summed E-state index contributed by atoms with van der Waals surface area (Å²) in [4.78, 5) is 9.55.